The number of unbranched alkanes of at least 4 members (excludes halogenated alkanes) is 35. The first-order valence-electron chi connectivity index (χ1n) is 27.2. The van der Waals surface area contributed by atoms with Crippen LogP contribution in [0.1, 0.15) is 264 Å². The fourth-order valence-corrected chi connectivity index (χ4v) is 8.85. The average Bonchev–Trinajstić information content (AvgIpc) is 3.24. The number of amides is 1. The monoisotopic (exact) mass is 912 g/mol. The van der Waals surface area contributed by atoms with Crippen LogP contribution in [0.25, 0.3) is 0 Å². The van der Waals surface area contributed by atoms with Gasteiger partial charge in [-0.05, 0) is 32.1 Å². The standard InChI is InChI=1S/C54H107N2O6P/c1-6-8-10-12-14-16-18-20-22-24-26-28-30-32-34-36-38-40-42-44-46-48-54(58)55-52(51-62-63(59,60)61-50-49-56(3,4)5)53(57)47-45-43-41-39-37-35-33-31-29-27-25-23-21-19-17-15-13-11-9-7-2/h37,39,45,47,52-53,57H,6-36,38,40-44,46,48-51H2,1-5H3,(H-,55,58,59,60)/p+1/b39-37+,47-45+. The maximum absolute atomic E-state index is 12.9. The van der Waals surface area contributed by atoms with Gasteiger partial charge in [-0.25, -0.2) is 4.57 Å². The number of carbonyl (C=O) groups excluding carboxylic acids is 1. The normalized spacial score (nSPS) is 14.2. The van der Waals surface area contributed by atoms with E-state index in [-0.39, 0.29) is 19.1 Å². The predicted molar refractivity (Wildman–Crippen MR) is 272 cm³/mol. The highest BCUT2D eigenvalue weighted by atomic mass is 31.2. The Kier molecular flexibility index (Phi) is 45.4. The summed E-state index contributed by atoms with van der Waals surface area (Å²) >= 11 is 0. The summed E-state index contributed by atoms with van der Waals surface area (Å²) in [6, 6.07) is -0.859. The van der Waals surface area contributed by atoms with Crippen LogP contribution in [0, 0.1) is 0 Å². The lowest BCUT2D eigenvalue weighted by Crippen LogP contribution is -2.45. The number of hydrogen-bond acceptors (Lipinski definition) is 5. The van der Waals surface area contributed by atoms with Crippen LogP contribution in [0.4, 0.5) is 0 Å². The van der Waals surface area contributed by atoms with Gasteiger partial charge >= 0.3 is 7.82 Å². The van der Waals surface area contributed by atoms with Crippen LogP contribution in [0.15, 0.2) is 24.3 Å². The Hall–Kier alpha value is -1.02. The second kappa shape index (κ2) is 46.1. The number of allylic oxidation sites excluding steroid dienone is 3. The molecule has 8 nitrogen and oxygen atoms in total. The minimum absolute atomic E-state index is 0.0587. The molecule has 3 unspecified atom stereocenters. The van der Waals surface area contributed by atoms with Crippen molar-refractivity contribution in [1.82, 2.24) is 5.32 Å². The van der Waals surface area contributed by atoms with Gasteiger partial charge in [0.1, 0.15) is 13.2 Å². The van der Waals surface area contributed by atoms with Gasteiger partial charge in [-0.1, -0.05) is 250 Å². The molecule has 0 heterocycles. The fraction of sp³-hybridized carbons (Fsp3) is 0.907. The van der Waals surface area contributed by atoms with Gasteiger partial charge in [0.25, 0.3) is 0 Å². The molecular weight excluding hydrogens is 804 g/mol. The summed E-state index contributed by atoms with van der Waals surface area (Å²) in [5.41, 5.74) is 0. The lowest BCUT2D eigenvalue weighted by molar-refractivity contribution is -0.870. The van der Waals surface area contributed by atoms with Crippen LogP contribution in [0.5, 0.6) is 0 Å². The fourth-order valence-electron chi connectivity index (χ4n) is 8.12. The maximum Gasteiger partial charge on any atom is 0.472 e. The largest absolute Gasteiger partial charge is 0.472 e. The zero-order valence-corrected chi connectivity index (χ0v) is 43.5. The molecule has 0 aromatic carbocycles. The predicted octanol–water partition coefficient (Wildman–Crippen LogP) is 16.0. The Labute approximate surface area is 392 Å². The molecule has 0 saturated carbocycles. The van der Waals surface area contributed by atoms with Crippen molar-refractivity contribution < 1.29 is 32.9 Å². The van der Waals surface area contributed by atoms with Crippen LogP contribution in [0.2, 0.25) is 0 Å². The van der Waals surface area contributed by atoms with E-state index in [4.69, 9.17) is 9.05 Å². The van der Waals surface area contributed by atoms with Crippen molar-refractivity contribution in [3.63, 3.8) is 0 Å². The molecule has 0 aliphatic carbocycles. The van der Waals surface area contributed by atoms with Gasteiger partial charge in [-0.2, -0.15) is 0 Å². The zero-order valence-electron chi connectivity index (χ0n) is 42.6. The van der Waals surface area contributed by atoms with E-state index in [0.29, 0.717) is 17.4 Å². The summed E-state index contributed by atoms with van der Waals surface area (Å²) < 4.78 is 23.7. The van der Waals surface area contributed by atoms with E-state index in [0.717, 1.165) is 38.5 Å². The number of likely N-dealkylation sites (N-methyl/N-ethyl adjacent to an activating group) is 1. The van der Waals surface area contributed by atoms with Gasteiger partial charge in [0.2, 0.25) is 5.91 Å². The topological polar surface area (TPSA) is 105 Å². The third-order valence-corrected chi connectivity index (χ3v) is 13.4. The van der Waals surface area contributed by atoms with Crippen molar-refractivity contribution in [1.29, 1.82) is 0 Å². The maximum atomic E-state index is 12.9. The number of aliphatic hydroxyl groups excluding tert-OH is 1. The van der Waals surface area contributed by atoms with Crippen LogP contribution < -0.4 is 5.32 Å². The molecule has 0 radical (unpaired) electrons. The van der Waals surface area contributed by atoms with Gasteiger partial charge in [-0.15, -0.1) is 0 Å². The Morgan fingerprint density at radius 2 is 0.873 bits per heavy atom. The van der Waals surface area contributed by atoms with Gasteiger partial charge in [0.15, 0.2) is 0 Å². The molecule has 0 bridgehead atoms. The smallest absolute Gasteiger partial charge is 0.387 e. The highest BCUT2D eigenvalue weighted by Gasteiger charge is 2.27. The number of aliphatic hydroxyl groups is 1. The second-order valence-corrected chi connectivity index (χ2v) is 21.4. The minimum atomic E-state index is -4.35. The molecule has 0 rings (SSSR count). The van der Waals surface area contributed by atoms with E-state index < -0.39 is 20.0 Å². The molecule has 9 heteroatoms. The number of nitrogens with zero attached hydrogens (tertiary/aromatic N) is 1. The number of quaternary nitrogens is 1. The molecule has 0 aliphatic rings. The van der Waals surface area contributed by atoms with E-state index >= 15 is 0 Å². The minimum Gasteiger partial charge on any atom is -0.387 e. The zero-order chi connectivity index (χ0) is 46.4. The van der Waals surface area contributed by atoms with Gasteiger partial charge in [0, 0.05) is 6.42 Å². The molecule has 63 heavy (non-hydrogen) atoms. The summed E-state index contributed by atoms with van der Waals surface area (Å²) in [5, 5.41) is 13.9. The Morgan fingerprint density at radius 1 is 0.524 bits per heavy atom. The number of carbonyl (C=O) groups is 1. The molecule has 3 N–H and O–H groups in total. The van der Waals surface area contributed by atoms with Crippen LogP contribution in [-0.4, -0.2) is 73.4 Å². The second-order valence-electron chi connectivity index (χ2n) is 20.0. The third-order valence-electron chi connectivity index (χ3n) is 12.4. The highest BCUT2D eigenvalue weighted by Crippen LogP contribution is 2.43. The van der Waals surface area contributed by atoms with E-state index in [1.54, 1.807) is 6.08 Å². The lowest BCUT2D eigenvalue weighted by Gasteiger charge is -2.25. The first kappa shape index (κ1) is 62.0. The van der Waals surface area contributed by atoms with Crippen molar-refractivity contribution in [2.24, 2.45) is 0 Å². The van der Waals surface area contributed by atoms with Crippen LogP contribution in [-0.2, 0) is 18.4 Å². The Balaban J connectivity index is 4.28. The summed E-state index contributed by atoms with van der Waals surface area (Å²) in [6.45, 7) is 4.83. The van der Waals surface area contributed by atoms with Gasteiger partial charge in [-0.3, -0.25) is 13.8 Å². The lowest BCUT2D eigenvalue weighted by atomic mass is 10.0. The van der Waals surface area contributed by atoms with Gasteiger partial charge in [0.05, 0.1) is 39.9 Å². The van der Waals surface area contributed by atoms with Crippen molar-refractivity contribution in [3.8, 4) is 0 Å². The van der Waals surface area contributed by atoms with Crippen molar-refractivity contribution in [3.05, 3.63) is 24.3 Å². The number of phosphoric acid groups is 1. The van der Waals surface area contributed by atoms with Crippen molar-refractivity contribution >= 4 is 13.7 Å². The van der Waals surface area contributed by atoms with Crippen LogP contribution in [0.3, 0.4) is 0 Å². The average molecular weight is 912 g/mol. The SMILES string of the molecule is CCCCCCCCCCCCCCCC/C=C/CC/C=C/C(O)C(COP(=O)(O)OCC[N+](C)(C)C)NC(=O)CCCCCCCCCCCCCCCCCCCCCCC. The molecule has 0 saturated heterocycles. The quantitative estimate of drug-likeness (QED) is 0.0243. The Bertz CT molecular complexity index is 1080. The molecule has 3 atom stereocenters. The summed E-state index contributed by atoms with van der Waals surface area (Å²) in [4.78, 5) is 23.2. The first-order chi connectivity index (χ1) is 30.5. The van der Waals surface area contributed by atoms with E-state index in [1.165, 1.54) is 205 Å². The molecule has 0 fully saturated rings. The number of nitrogens with one attached hydrogen (secondary N) is 1. The third kappa shape index (κ3) is 48.7. The molecule has 1 amide bonds. The van der Waals surface area contributed by atoms with E-state index in [2.05, 4.69) is 31.3 Å². The van der Waals surface area contributed by atoms with Crippen molar-refractivity contribution in [2.45, 2.75) is 276 Å². The van der Waals surface area contributed by atoms with E-state index in [9.17, 15) is 19.4 Å². The molecule has 0 spiro atoms. The molecule has 0 aromatic rings. The molecule has 0 aromatic heterocycles. The summed E-state index contributed by atoms with van der Waals surface area (Å²) in [6.07, 6.45) is 57.0. The molecule has 374 valence electrons. The summed E-state index contributed by atoms with van der Waals surface area (Å²) in [7, 11) is 1.57. The number of rotatable bonds is 50. The Morgan fingerprint density at radius 3 is 1.27 bits per heavy atom. The van der Waals surface area contributed by atoms with Gasteiger partial charge < -0.3 is 19.8 Å². The first-order valence-corrected chi connectivity index (χ1v) is 28.7. The highest BCUT2D eigenvalue weighted by molar-refractivity contribution is 7.47. The van der Waals surface area contributed by atoms with Crippen molar-refractivity contribution in [2.75, 3.05) is 40.9 Å². The molecular formula is C54H108N2O6P+. The number of hydrogen-bond donors (Lipinski definition) is 3. The van der Waals surface area contributed by atoms with Crippen LogP contribution >= 0.6 is 7.82 Å². The van der Waals surface area contributed by atoms with E-state index in [1.807, 2.05) is 27.2 Å². The summed E-state index contributed by atoms with van der Waals surface area (Å²) in [5.74, 6) is -0.181. The molecule has 0 aliphatic heterocycles. The number of phosphoric ester groups is 1.